The Morgan fingerprint density at radius 2 is 2.00 bits per heavy atom. The third-order valence-corrected chi connectivity index (χ3v) is 3.99. The molecule has 1 heterocycles. The molecule has 0 atom stereocenters. The molecule has 2 aromatic rings. The van der Waals surface area contributed by atoms with Crippen molar-refractivity contribution in [1.29, 1.82) is 0 Å². The molecule has 4 nitrogen and oxygen atoms in total. The third kappa shape index (κ3) is 2.84. The molecule has 0 aliphatic heterocycles. The third-order valence-electron chi connectivity index (χ3n) is 3.99. The number of ether oxygens (including phenoxy) is 2. The lowest BCUT2D eigenvalue weighted by Gasteiger charge is -2.21. The second kappa shape index (κ2) is 6.07. The summed E-state index contributed by atoms with van der Waals surface area (Å²) >= 11 is 0. The van der Waals surface area contributed by atoms with Crippen LogP contribution in [0.2, 0.25) is 0 Å². The molecule has 0 unspecified atom stereocenters. The van der Waals surface area contributed by atoms with Crippen LogP contribution in [0, 0.1) is 5.92 Å². The van der Waals surface area contributed by atoms with Gasteiger partial charge in [0, 0.05) is 0 Å². The average Bonchev–Trinajstić information content (AvgIpc) is 2.53. The molecule has 1 aromatic heterocycles. The number of benzene rings is 1. The van der Waals surface area contributed by atoms with Crippen LogP contribution >= 0.6 is 0 Å². The van der Waals surface area contributed by atoms with Gasteiger partial charge in [0.1, 0.15) is 12.1 Å². The van der Waals surface area contributed by atoms with Gasteiger partial charge in [-0.1, -0.05) is 19.3 Å². The highest BCUT2D eigenvalue weighted by Crippen LogP contribution is 2.28. The number of aromatic nitrogens is 2. The van der Waals surface area contributed by atoms with E-state index in [1.807, 2.05) is 18.2 Å². The number of hydrogen-bond donors (Lipinski definition) is 0. The van der Waals surface area contributed by atoms with Crippen LogP contribution in [0.5, 0.6) is 11.6 Å². The number of rotatable bonds is 4. The van der Waals surface area contributed by atoms with Crippen molar-refractivity contribution in [3.05, 3.63) is 24.5 Å². The normalized spacial score (nSPS) is 16.2. The predicted molar refractivity (Wildman–Crippen MR) is 78.2 cm³/mol. The van der Waals surface area contributed by atoms with Gasteiger partial charge in [-0.25, -0.2) is 9.97 Å². The molecule has 3 rings (SSSR count). The number of methoxy groups -OCH3 is 1. The summed E-state index contributed by atoms with van der Waals surface area (Å²) in [6.45, 7) is 0.753. The van der Waals surface area contributed by atoms with Crippen molar-refractivity contribution < 1.29 is 9.47 Å². The first-order valence-corrected chi connectivity index (χ1v) is 7.28. The van der Waals surface area contributed by atoms with Gasteiger partial charge >= 0.3 is 0 Å². The highest BCUT2D eigenvalue weighted by Gasteiger charge is 2.15. The van der Waals surface area contributed by atoms with Gasteiger partial charge < -0.3 is 9.47 Å². The molecule has 0 N–H and O–H groups in total. The molecule has 1 aliphatic rings. The Labute approximate surface area is 119 Å². The highest BCUT2D eigenvalue weighted by atomic mass is 16.5. The minimum atomic E-state index is 0.666. The van der Waals surface area contributed by atoms with Crippen LogP contribution in [-0.2, 0) is 0 Å². The van der Waals surface area contributed by atoms with Crippen LogP contribution in [0.15, 0.2) is 24.5 Å². The first-order chi connectivity index (χ1) is 9.86. The second-order valence-corrected chi connectivity index (χ2v) is 5.38. The van der Waals surface area contributed by atoms with Crippen LogP contribution in [0.1, 0.15) is 32.1 Å². The molecule has 0 spiro atoms. The molecule has 1 saturated carbocycles. The van der Waals surface area contributed by atoms with E-state index in [1.54, 1.807) is 13.4 Å². The Morgan fingerprint density at radius 3 is 2.80 bits per heavy atom. The van der Waals surface area contributed by atoms with Crippen molar-refractivity contribution in [1.82, 2.24) is 9.97 Å². The lowest BCUT2D eigenvalue weighted by atomic mass is 9.90. The van der Waals surface area contributed by atoms with E-state index >= 15 is 0 Å². The van der Waals surface area contributed by atoms with Gasteiger partial charge in [0.15, 0.2) is 0 Å². The van der Waals surface area contributed by atoms with E-state index in [4.69, 9.17) is 9.47 Å². The molecule has 0 radical (unpaired) electrons. The maximum absolute atomic E-state index is 5.95. The van der Waals surface area contributed by atoms with Gasteiger partial charge in [0.25, 0.3) is 0 Å². The molecule has 4 heteroatoms. The van der Waals surface area contributed by atoms with Gasteiger partial charge in [-0.05, 0) is 37.0 Å². The molecular formula is C16H20N2O2. The molecule has 1 aliphatic carbocycles. The maximum atomic E-state index is 5.95. The van der Waals surface area contributed by atoms with E-state index in [-0.39, 0.29) is 0 Å². The van der Waals surface area contributed by atoms with Gasteiger partial charge in [0.2, 0.25) is 5.88 Å². The highest BCUT2D eigenvalue weighted by molar-refractivity contribution is 5.84. The fourth-order valence-electron chi connectivity index (χ4n) is 2.80. The van der Waals surface area contributed by atoms with Crippen molar-refractivity contribution in [2.45, 2.75) is 32.1 Å². The van der Waals surface area contributed by atoms with Gasteiger partial charge in [-0.3, -0.25) is 0 Å². The topological polar surface area (TPSA) is 44.2 Å². The summed E-state index contributed by atoms with van der Waals surface area (Å²) in [5.41, 5.74) is 0.888. The van der Waals surface area contributed by atoms with Crippen molar-refractivity contribution >= 4 is 10.9 Å². The van der Waals surface area contributed by atoms with Gasteiger partial charge in [-0.15, -0.1) is 0 Å². The zero-order valence-corrected chi connectivity index (χ0v) is 11.8. The van der Waals surface area contributed by atoms with Crippen LogP contribution in [0.4, 0.5) is 0 Å². The molecule has 106 valence electrons. The van der Waals surface area contributed by atoms with Crippen molar-refractivity contribution in [2.75, 3.05) is 13.7 Å². The van der Waals surface area contributed by atoms with Crippen LogP contribution < -0.4 is 9.47 Å². The van der Waals surface area contributed by atoms with E-state index in [2.05, 4.69) is 9.97 Å². The Balaban J connectivity index is 1.79. The zero-order valence-electron chi connectivity index (χ0n) is 11.8. The summed E-state index contributed by atoms with van der Waals surface area (Å²) in [4.78, 5) is 8.54. The Bertz CT molecular complexity index is 580. The summed E-state index contributed by atoms with van der Waals surface area (Å²) < 4.78 is 11.2. The zero-order chi connectivity index (χ0) is 13.8. The van der Waals surface area contributed by atoms with Crippen molar-refractivity contribution in [3.8, 4) is 11.6 Å². The van der Waals surface area contributed by atoms with Crippen molar-refractivity contribution in [2.24, 2.45) is 5.92 Å². The van der Waals surface area contributed by atoms with E-state index < -0.39 is 0 Å². The minimum Gasteiger partial charge on any atom is -0.497 e. The SMILES string of the molecule is COc1ccc2ncnc(OCC3CCCCC3)c2c1. The van der Waals surface area contributed by atoms with Crippen LogP contribution in [-0.4, -0.2) is 23.7 Å². The molecule has 1 fully saturated rings. The molecule has 1 aromatic carbocycles. The predicted octanol–water partition coefficient (Wildman–Crippen LogP) is 3.60. The summed E-state index contributed by atoms with van der Waals surface area (Å²) in [5.74, 6) is 2.13. The monoisotopic (exact) mass is 272 g/mol. The maximum Gasteiger partial charge on any atom is 0.224 e. The second-order valence-electron chi connectivity index (χ2n) is 5.38. The first kappa shape index (κ1) is 13.2. The first-order valence-electron chi connectivity index (χ1n) is 7.28. The van der Waals surface area contributed by atoms with Gasteiger partial charge in [-0.2, -0.15) is 0 Å². The summed E-state index contributed by atoms with van der Waals surface area (Å²) in [5, 5.41) is 0.919. The van der Waals surface area contributed by atoms with E-state index in [1.165, 1.54) is 32.1 Å². The molecule has 0 amide bonds. The summed E-state index contributed by atoms with van der Waals surface area (Å²) in [6.07, 6.45) is 8.12. The Kier molecular flexibility index (Phi) is 4.00. The van der Waals surface area contributed by atoms with Crippen LogP contribution in [0.3, 0.4) is 0 Å². The molecule has 20 heavy (non-hydrogen) atoms. The molecule has 0 bridgehead atoms. The smallest absolute Gasteiger partial charge is 0.224 e. The Hall–Kier alpha value is -1.84. The molecular weight excluding hydrogens is 252 g/mol. The van der Waals surface area contributed by atoms with Gasteiger partial charge in [0.05, 0.1) is 24.6 Å². The Morgan fingerprint density at radius 1 is 1.15 bits per heavy atom. The van der Waals surface area contributed by atoms with Crippen molar-refractivity contribution in [3.63, 3.8) is 0 Å². The quantitative estimate of drug-likeness (QED) is 0.853. The number of hydrogen-bond acceptors (Lipinski definition) is 4. The van der Waals surface area contributed by atoms with E-state index in [0.717, 1.165) is 23.3 Å². The summed E-state index contributed by atoms with van der Waals surface area (Å²) in [7, 11) is 1.66. The largest absolute Gasteiger partial charge is 0.497 e. The standard InChI is InChI=1S/C16H20N2O2/c1-19-13-7-8-15-14(9-13)16(18-11-17-15)20-10-12-5-3-2-4-6-12/h7-9,11-12H,2-6,10H2,1H3. The molecule has 0 saturated heterocycles. The van der Waals surface area contributed by atoms with E-state index in [0.29, 0.717) is 11.8 Å². The lowest BCUT2D eigenvalue weighted by Crippen LogP contribution is -2.15. The van der Waals surface area contributed by atoms with E-state index in [9.17, 15) is 0 Å². The average molecular weight is 272 g/mol. The number of fused-ring (bicyclic) bond motifs is 1. The minimum absolute atomic E-state index is 0.666. The fourth-order valence-corrected chi connectivity index (χ4v) is 2.80. The summed E-state index contributed by atoms with van der Waals surface area (Å²) in [6, 6.07) is 5.77. The number of nitrogens with zero attached hydrogens (tertiary/aromatic N) is 2. The lowest BCUT2D eigenvalue weighted by molar-refractivity contribution is 0.205. The van der Waals surface area contributed by atoms with Crippen LogP contribution in [0.25, 0.3) is 10.9 Å². The fraction of sp³-hybridized carbons (Fsp3) is 0.500.